The van der Waals surface area contributed by atoms with Crippen LogP contribution in [0.25, 0.3) is 0 Å². The number of fused-ring (bicyclic) bond motifs is 1. The van der Waals surface area contributed by atoms with E-state index in [0.29, 0.717) is 13.0 Å². The van der Waals surface area contributed by atoms with Crippen LogP contribution >= 0.6 is 0 Å². The van der Waals surface area contributed by atoms with E-state index in [0.717, 1.165) is 37.5 Å². The number of hydrogen-bond donors (Lipinski definition) is 1. The summed E-state index contributed by atoms with van der Waals surface area (Å²) in [6.45, 7) is 0.641. The van der Waals surface area contributed by atoms with E-state index in [1.165, 1.54) is 6.42 Å². The molecule has 4 heteroatoms. The molecule has 2 saturated carbocycles. The molecule has 1 N–H and O–H groups in total. The van der Waals surface area contributed by atoms with Gasteiger partial charge >= 0.3 is 5.97 Å². The van der Waals surface area contributed by atoms with Crippen molar-refractivity contribution in [3.05, 3.63) is 0 Å². The molecule has 3 rings (SSSR count). The first-order chi connectivity index (χ1) is 8.16. The molecule has 1 saturated heterocycles. The molecule has 3 aliphatic rings. The van der Waals surface area contributed by atoms with E-state index >= 15 is 0 Å². The van der Waals surface area contributed by atoms with Gasteiger partial charge in [-0.25, -0.2) is 4.79 Å². The molecular weight excluding hydrogens is 218 g/mol. The third-order valence-electron chi connectivity index (χ3n) is 4.66. The SMILES string of the molecule is O=C(O)[C@@H]1CCCCN1C(=O)C1CC2CC2C1. The molecule has 0 bridgehead atoms. The second-order valence-corrected chi connectivity index (χ2v) is 5.81. The Morgan fingerprint density at radius 2 is 1.76 bits per heavy atom. The molecule has 1 amide bonds. The number of carboxylic acids is 1. The summed E-state index contributed by atoms with van der Waals surface area (Å²) < 4.78 is 0. The number of rotatable bonds is 2. The smallest absolute Gasteiger partial charge is 0.326 e. The predicted molar refractivity (Wildman–Crippen MR) is 61.3 cm³/mol. The van der Waals surface area contributed by atoms with Gasteiger partial charge in [-0.1, -0.05) is 0 Å². The zero-order chi connectivity index (χ0) is 12.0. The average Bonchev–Trinajstić information content (AvgIpc) is 2.95. The van der Waals surface area contributed by atoms with Gasteiger partial charge in [-0.3, -0.25) is 4.79 Å². The lowest BCUT2D eigenvalue weighted by molar-refractivity contribution is -0.154. The maximum atomic E-state index is 12.3. The molecule has 0 aromatic carbocycles. The van der Waals surface area contributed by atoms with Crippen molar-refractivity contribution in [2.24, 2.45) is 17.8 Å². The number of nitrogens with zero attached hydrogens (tertiary/aromatic N) is 1. The lowest BCUT2D eigenvalue weighted by atomic mass is 9.96. The first kappa shape index (κ1) is 11.1. The summed E-state index contributed by atoms with van der Waals surface area (Å²) in [5.41, 5.74) is 0. The number of aliphatic carboxylic acids is 1. The molecule has 3 atom stereocenters. The highest BCUT2D eigenvalue weighted by atomic mass is 16.4. The van der Waals surface area contributed by atoms with E-state index in [-0.39, 0.29) is 11.8 Å². The Balaban J connectivity index is 1.68. The van der Waals surface area contributed by atoms with Gasteiger partial charge in [0.15, 0.2) is 0 Å². The van der Waals surface area contributed by atoms with Gasteiger partial charge < -0.3 is 10.0 Å². The Bertz CT molecular complexity index is 345. The minimum Gasteiger partial charge on any atom is -0.480 e. The van der Waals surface area contributed by atoms with Gasteiger partial charge in [0.2, 0.25) is 5.91 Å². The number of amides is 1. The van der Waals surface area contributed by atoms with E-state index in [1.807, 2.05) is 0 Å². The molecule has 2 unspecified atom stereocenters. The maximum absolute atomic E-state index is 12.3. The zero-order valence-corrected chi connectivity index (χ0v) is 9.97. The van der Waals surface area contributed by atoms with Crippen LogP contribution in [-0.4, -0.2) is 34.5 Å². The summed E-state index contributed by atoms with van der Waals surface area (Å²) in [7, 11) is 0. The van der Waals surface area contributed by atoms with Crippen molar-refractivity contribution in [1.29, 1.82) is 0 Å². The first-order valence-corrected chi connectivity index (χ1v) is 6.70. The van der Waals surface area contributed by atoms with Crippen molar-refractivity contribution in [3.8, 4) is 0 Å². The van der Waals surface area contributed by atoms with Crippen molar-refractivity contribution >= 4 is 11.9 Å². The Morgan fingerprint density at radius 3 is 2.41 bits per heavy atom. The van der Waals surface area contributed by atoms with Crippen LogP contribution in [0.3, 0.4) is 0 Å². The number of carbonyl (C=O) groups excluding carboxylic acids is 1. The molecule has 2 aliphatic carbocycles. The van der Waals surface area contributed by atoms with Gasteiger partial charge in [0, 0.05) is 12.5 Å². The van der Waals surface area contributed by atoms with Crippen LogP contribution in [0.5, 0.6) is 0 Å². The standard InChI is InChI=1S/C13H19NO3/c15-12(10-6-8-5-9(8)7-10)14-4-2-1-3-11(14)13(16)17/h8-11H,1-7H2,(H,16,17)/t8?,9?,10?,11-/m0/s1. The van der Waals surface area contributed by atoms with Crippen LogP contribution in [-0.2, 0) is 9.59 Å². The summed E-state index contributed by atoms with van der Waals surface area (Å²) in [4.78, 5) is 25.1. The molecule has 0 spiro atoms. The van der Waals surface area contributed by atoms with Crippen LogP contribution in [0.15, 0.2) is 0 Å². The zero-order valence-electron chi connectivity index (χ0n) is 9.97. The van der Waals surface area contributed by atoms with Crippen molar-refractivity contribution in [2.75, 3.05) is 6.54 Å². The first-order valence-electron chi connectivity index (χ1n) is 6.70. The molecule has 1 aliphatic heterocycles. The highest BCUT2D eigenvalue weighted by Crippen LogP contribution is 2.54. The molecule has 0 aromatic heterocycles. The Morgan fingerprint density at radius 1 is 1.06 bits per heavy atom. The van der Waals surface area contributed by atoms with Gasteiger partial charge in [-0.2, -0.15) is 0 Å². The van der Waals surface area contributed by atoms with Crippen molar-refractivity contribution in [1.82, 2.24) is 4.90 Å². The van der Waals surface area contributed by atoms with Crippen molar-refractivity contribution < 1.29 is 14.7 Å². The lowest BCUT2D eigenvalue weighted by Crippen LogP contribution is -2.50. The molecule has 3 fully saturated rings. The van der Waals surface area contributed by atoms with Crippen LogP contribution in [0, 0.1) is 17.8 Å². The van der Waals surface area contributed by atoms with Crippen LogP contribution in [0.1, 0.15) is 38.5 Å². The van der Waals surface area contributed by atoms with Crippen LogP contribution in [0.4, 0.5) is 0 Å². The van der Waals surface area contributed by atoms with Gasteiger partial charge in [0.1, 0.15) is 6.04 Å². The van der Waals surface area contributed by atoms with E-state index in [4.69, 9.17) is 5.11 Å². The van der Waals surface area contributed by atoms with Gasteiger partial charge in [-0.05, 0) is 50.4 Å². The quantitative estimate of drug-likeness (QED) is 0.791. The van der Waals surface area contributed by atoms with E-state index in [9.17, 15) is 9.59 Å². The largest absolute Gasteiger partial charge is 0.480 e. The summed E-state index contributed by atoms with van der Waals surface area (Å²) in [6, 6.07) is -0.562. The normalized spacial score (nSPS) is 39.9. The highest BCUT2D eigenvalue weighted by molar-refractivity contribution is 5.85. The number of likely N-dealkylation sites (tertiary alicyclic amines) is 1. The molecule has 17 heavy (non-hydrogen) atoms. The fraction of sp³-hybridized carbons (Fsp3) is 0.846. The third-order valence-corrected chi connectivity index (χ3v) is 4.66. The molecule has 0 radical (unpaired) electrons. The second-order valence-electron chi connectivity index (χ2n) is 5.81. The van der Waals surface area contributed by atoms with Crippen LogP contribution < -0.4 is 0 Å². The van der Waals surface area contributed by atoms with E-state index < -0.39 is 12.0 Å². The molecule has 4 nitrogen and oxygen atoms in total. The van der Waals surface area contributed by atoms with E-state index in [1.54, 1.807) is 4.90 Å². The third kappa shape index (κ3) is 1.94. The summed E-state index contributed by atoms with van der Waals surface area (Å²) in [5, 5.41) is 9.17. The summed E-state index contributed by atoms with van der Waals surface area (Å²) >= 11 is 0. The molecule has 94 valence electrons. The number of piperidine rings is 1. The fourth-order valence-corrected chi connectivity index (χ4v) is 3.60. The van der Waals surface area contributed by atoms with Gasteiger partial charge in [-0.15, -0.1) is 0 Å². The lowest BCUT2D eigenvalue weighted by Gasteiger charge is -2.35. The Labute approximate surface area is 101 Å². The number of carbonyl (C=O) groups is 2. The van der Waals surface area contributed by atoms with Crippen molar-refractivity contribution in [2.45, 2.75) is 44.6 Å². The summed E-state index contributed by atoms with van der Waals surface area (Å²) in [5.74, 6) is 0.957. The molecule has 0 aromatic rings. The molecular formula is C13H19NO3. The Kier molecular flexibility index (Phi) is 2.60. The fourth-order valence-electron chi connectivity index (χ4n) is 3.60. The van der Waals surface area contributed by atoms with Crippen LogP contribution in [0.2, 0.25) is 0 Å². The maximum Gasteiger partial charge on any atom is 0.326 e. The van der Waals surface area contributed by atoms with Gasteiger partial charge in [0.25, 0.3) is 0 Å². The molecule has 1 heterocycles. The topological polar surface area (TPSA) is 57.6 Å². The summed E-state index contributed by atoms with van der Waals surface area (Å²) in [6.07, 6.45) is 5.82. The number of carboxylic acid groups (broad SMARTS) is 1. The predicted octanol–water partition coefficient (Wildman–Crippen LogP) is 1.50. The van der Waals surface area contributed by atoms with Gasteiger partial charge in [0.05, 0.1) is 0 Å². The monoisotopic (exact) mass is 237 g/mol. The number of hydrogen-bond acceptors (Lipinski definition) is 2. The van der Waals surface area contributed by atoms with E-state index in [2.05, 4.69) is 0 Å². The Hall–Kier alpha value is -1.06. The van der Waals surface area contributed by atoms with Crippen molar-refractivity contribution in [3.63, 3.8) is 0 Å². The second kappa shape index (κ2) is 4.00. The highest BCUT2D eigenvalue weighted by Gasteiger charge is 2.49. The minimum absolute atomic E-state index is 0.115. The average molecular weight is 237 g/mol. The minimum atomic E-state index is -0.832.